The van der Waals surface area contributed by atoms with E-state index in [1.165, 1.54) is 11.6 Å². The fraction of sp³-hybridized carbons (Fsp3) is 0.316. The maximum Gasteiger partial charge on any atom is 0.292 e. The van der Waals surface area contributed by atoms with E-state index in [0.29, 0.717) is 25.2 Å². The molecule has 1 N–H and O–H groups in total. The van der Waals surface area contributed by atoms with Crippen LogP contribution < -0.4 is 5.32 Å². The monoisotopic (exact) mass is 339 g/mol. The first-order valence-corrected chi connectivity index (χ1v) is 8.48. The summed E-state index contributed by atoms with van der Waals surface area (Å²) >= 11 is 0. The van der Waals surface area contributed by atoms with Crippen molar-refractivity contribution in [3.8, 4) is 0 Å². The lowest BCUT2D eigenvalue weighted by Gasteiger charge is -2.17. The number of para-hydroxylation sites is 2. The van der Waals surface area contributed by atoms with Crippen molar-refractivity contribution in [1.82, 2.24) is 4.90 Å². The Balaban J connectivity index is 1.54. The molecule has 2 aromatic carbocycles. The predicted octanol–water partition coefficient (Wildman–Crippen LogP) is 3.24. The summed E-state index contributed by atoms with van der Waals surface area (Å²) in [5.41, 5.74) is 1.67. The maximum absolute atomic E-state index is 12.5. The first-order valence-electron chi connectivity index (χ1n) is 8.48. The molecular weight excluding hydrogens is 318 g/mol. The highest BCUT2D eigenvalue weighted by Crippen LogP contribution is 2.26. The van der Waals surface area contributed by atoms with Gasteiger partial charge in [0.2, 0.25) is 5.91 Å². The second-order valence-electron chi connectivity index (χ2n) is 6.17. The Morgan fingerprint density at radius 1 is 1.12 bits per heavy atom. The average Bonchev–Trinajstić information content (AvgIpc) is 2.96. The molecular formula is C19H21N3O3. The van der Waals surface area contributed by atoms with Crippen molar-refractivity contribution in [2.45, 2.75) is 25.3 Å². The molecule has 1 amide bonds. The molecule has 25 heavy (non-hydrogen) atoms. The lowest BCUT2D eigenvalue weighted by Crippen LogP contribution is -2.34. The average molecular weight is 339 g/mol. The molecule has 3 rings (SSSR count). The molecule has 130 valence electrons. The zero-order chi connectivity index (χ0) is 17.6. The molecule has 0 spiro atoms. The summed E-state index contributed by atoms with van der Waals surface area (Å²) in [4.78, 5) is 25.0. The van der Waals surface area contributed by atoms with Crippen LogP contribution in [0.4, 0.5) is 11.4 Å². The Bertz CT molecular complexity index is 749. The molecule has 1 unspecified atom stereocenters. The van der Waals surface area contributed by atoms with Crippen molar-refractivity contribution < 1.29 is 9.72 Å². The van der Waals surface area contributed by atoms with Gasteiger partial charge in [0.15, 0.2) is 0 Å². The standard InChI is InChI=1S/C19H21N3O3/c23-19-17(20-16-10-4-5-11-18(16)22(24)25)12-14-21(19)13-6-9-15-7-2-1-3-8-15/h1-5,7-8,10-11,17,20H,6,9,12-14H2. The van der Waals surface area contributed by atoms with E-state index in [4.69, 9.17) is 0 Å². The number of nitrogens with zero attached hydrogens (tertiary/aromatic N) is 2. The Morgan fingerprint density at radius 2 is 1.84 bits per heavy atom. The fourth-order valence-corrected chi connectivity index (χ4v) is 3.16. The molecule has 0 radical (unpaired) electrons. The number of anilines is 1. The lowest BCUT2D eigenvalue weighted by molar-refractivity contribution is -0.384. The van der Waals surface area contributed by atoms with Crippen LogP contribution in [-0.4, -0.2) is 34.9 Å². The van der Waals surface area contributed by atoms with Crippen LogP contribution in [0.2, 0.25) is 0 Å². The van der Waals surface area contributed by atoms with Gasteiger partial charge in [-0.1, -0.05) is 42.5 Å². The predicted molar refractivity (Wildman–Crippen MR) is 96.5 cm³/mol. The molecule has 1 atom stereocenters. The van der Waals surface area contributed by atoms with Crippen LogP contribution in [0, 0.1) is 10.1 Å². The quantitative estimate of drug-likeness (QED) is 0.621. The molecule has 1 aliphatic heterocycles. The fourth-order valence-electron chi connectivity index (χ4n) is 3.16. The minimum absolute atomic E-state index is 0.00201. The third-order valence-corrected chi connectivity index (χ3v) is 4.46. The van der Waals surface area contributed by atoms with E-state index >= 15 is 0 Å². The molecule has 1 saturated heterocycles. The van der Waals surface area contributed by atoms with Crippen LogP contribution in [0.15, 0.2) is 54.6 Å². The number of rotatable bonds is 7. The minimum Gasteiger partial charge on any atom is -0.368 e. The van der Waals surface area contributed by atoms with Crippen molar-refractivity contribution in [3.05, 3.63) is 70.3 Å². The number of aryl methyl sites for hydroxylation is 1. The van der Waals surface area contributed by atoms with Crippen molar-refractivity contribution in [3.63, 3.8) is 0 Å². The molecule has 1 heterocycles. The van der Waals surface area contributed by atoms with E-state index in [2.05, 4.69) is 17.4 Å². The van der Waals surface area contributed by atoms with Gasteiger partial charge in [0, 0.05) is 19.2 Å². The van der Waals surface area contributed by atoms with Gasteiger partial charge < -0.3 is 10.2 Å². The zero-order valence-corrected chi connectivity index (χ0v) is 13.9. The third kappa shape index (κ3) is 4.15. The third-order valence-electron chi connectivity index (χ3n) is 4.46. The van der Waals surface area contributed by atoms with Gasteiger partial charge >= 0.3 is 0 Å². The summed E-state index contributed by atoms with van der Waals surface area (Å²) in [6.45, 7) is 1.40. The molecule has 0 saturated carbocycles. The normalized spacial score (nSPS) is 16.9. The summed E-state index contributed by atoms with van der Waals surface area (Å²) < 4.78 is 0. The molecule has 6 nitrogen and oxygen atoms in total. The zero-order valence-electron chi connectivity index (χ0n) is 13.9. The number of benzene rings is 2. The second-order valence-corrected chi connectivity index (χ2v) is 6.17. The van der Waals surface area contributed by atoms with Crippen molar-refractivity contribution in [2.75, 3.05) is 18.4 Å². The number of carbonyl (C=O) groups excluding carboxylic acids is 1. The topological polar surface area (TPSA) is 75.5 Å². The van der Waals surface area contributed by atoms with Crippen LogP contribution in [0.25, 0.3) is 0 Å². The smallest absolute Gasteiger partial charge is 0.292 e. The Labute approximate surface area is 146 Å². The van der Waals surface area contributed by atoms with Crippen LogP contribution in [0.1, 0.15) is 18.4 Å². The summed E-state index contributed by atoms with van der Waals surface area (Å²) in [6, 6.07) is 16.2. The summed E-state index contributed by atoms with van der Waals surface area (Å²) in [5, 5.41) is 14.1. The Morgan fingerprint density at radius 3 is 2.60 bits per heavy atom. The molecule has 1 aliphatic rings. The van der Waals surface area contributed by atoms with Gasteiger partial charge in [-0.25, -0.2) is 0 Å². The first-order chi connectivity index (χ1) is 12.1. The number of amides is 1. The Hall–Kier alpha value is -2.89. The number of nitrogens with one attached hydrogen (secondary N) is 1. The summed E-state index contributed by atoms with van der Waals surface area (Å²) in [6.07, 6.45) is 2.51. The molecule has 1 fully saturated rings. The van der Waals surface area contributed by atoms with Crippen molar-refractivity contribution >= 4 is 17.3 Å². The number of hydrogen-bond acceptors (Lipinski definition) is 4. The van der Waals surface area contributed by atoms with Crippen LogP contribution in [-0.2, 0) is 11.2 Å². The number of likely N-dealkylation sites (tertiary alicyclic amines) is 1. The summed E-state index contributed by atoms with van der Waals surface area (Å²) in [7, 11) is 0. The lowest BCUT2D eigenvalue weighted by atomic mass is 10.1. The van der Waals surface area contributed by atoms with E-state index in [0.717, 1.165) is 12.8 Å². The van der Waals surface area contributed by atoms with Gasteiger partial charge in [0.05, 0.1) is 4.92 Å². The highest BCUT2D eigenvalue weighted by atomic mass is 16.6. The van der Waals surface area contributed by atoms with Gasteiger partial charge in [0.1, 0.15) is 11.7 Å². The maximum atomic E-state index is 12.5. The van der Waals surface area contributed by atoms with Crippen LogP contribution in [0.3, 0.4) is 0 Å². The number of hydrogen-bond donors (Lipinski definition) is 1. The minimum atomic E-state index is -0.431. The van der Waals surface area contributed by atoms with E-state index in [1.54, 1.807) is 18.2 Å². The number of nitro groups is 1. The van der Waals surface area contributed by atoms with Gasteiger partial charge in [-0.05, 0) is 30.9 Å². The highest BCUT2D eigenvalue weighted by molar-refractivity contribution is 5.87. The SMILES string of the molecule is O=C1C(Nc2ccccc2[N+](=O)[O-])CCN1CCCc1ccccc1. The van der Waals surface area contributed by atoms with E-state index in [1.807, 2.05) is 23.1 Å². The largest absolute Gasteiger partial charge is 0.368 e. The highest BCUT2D eigenvalue weighted by Gasteiger charge is 2.32. The number of carbonyl (C=O) groups is 1. The van der Waals surface area contributed by atoms with E-state index < -0.39 is 11.0 Å². The van der Waals surface area contributed by atoms with Gasteiger partial charge in [-0.15, -0.1) is 0 Å². The van der Waals surface area contributed by atoms with Crippen molar-refractivity contribution in [2.24, 2.45) is 0 Å². The van der Waals surface area contributed by atoms with E-state index in [-0.39, 0.29) is 11.6 Å². The first kappa shape index (κ1) is 17.0. The number of nitro benzene ring substituents is 1. The molecule has 0 aliphatic carbocycles. The van der Waals surface area contributed by atoms with Gasteiger partial charge in [-0.3, -0.25) is 14.9 Å². The molecule has 2 aromatic rings. The summed E-state index contributed by atoms with van der Waals surface area (Å²) in [5.74, 6) is 0.0196. The molecule has 6 heteroatoms. The molecule has 0 aromatic heterocycles. The second kappa shape index (κ2) is 7.79. The Kier molecular flexibility index (Phi) is 5.28. The van der Waals surface area contributed by atoms with Gasteiger partial charge in [0.25, 0.3) is 5.69 Å². The van der Waals surface area contributed by atoms with Crippen molar-refractivity contribution in [1.29, 1.82) is 0 Å². The van der Waals surface area contributed by atoms with Crippen LogP contribution in [0.5, 0.6) is 0 Å². The molecule has 0 bridgehead atoms. The van der Waals surface area contributed by atoms with Crippen LogP contribution >= 0.6 is 0 Å². The van der Waals surface area contributed by atoms with E-state index in [9.17, 15) is 14.9 Å². The van der Waals surface area contributed by atoms with Gasteiger partial charge in [-0.2, -0.15) is 0 Å².